The quantitative estimate of drug-likeness (QED) is 0.902. The Hall–Kier alpha value is -1.84. The van der Waals surface area contributed by atoms with E-state index in [1.807, 2.05) is 31.2 Å². The molecule has 4 nitrogen and oxygen atoms in total. The van der Waals surface area contributed by atoms with Crippen molar-refractivity contribution in [3.05, 3.63) is 35.4 Å². The molecule has 0 spiro atoms. The molecule has 19 heavy (non-hydrogen) atoms. The summed E-state index contributed by atoms with van der Waals surface area (Å²) in [6, 6.07) is 7.75. The van der Waals surface area contributed by atoms with E-state index in [1.165, 1.54) is 0 Å². The number of benzene rings is 1. The molecule has 0 saturated carbocycles. The fourth-order valence-electron chi connectivity index (χ4n) is 2.68. The first kappa shape index (κ1) is 13.6. The molecule has 1 amide bonds. The predicted molar refractivity (Wildman–Crippen MR) is 71.9 cm³/mol. The van der Waals surface area contributed by atoms with E-state index in [-0.39, 0.29) is 18.4 Å². The molecule has 0 bridgehead atoms. The first-order valence-electron chi connectivity index (χ1n) is 6.63. The molecule has 0 radical (unpaired) electrons. The molecule has 1 saturated heterocycles. The van der Waals surface area contributed by atoms with Crippen LogP contribution in [-0.2, 0) is 16.0 Å². The van der Waals surface area contributed by atoms with E-state index in [1.54, 1.807) is 4.90 Å². The van der Waals surface area contributed by atoms with Crippen LogP contribution in [0.1, 0.15) is 30.4 Å². The third kappa shape index (κ3) is 3.56. The molecule has 1 aliphatic heterocycles. The van der Waals surface area contributed by atoms with Crippen LogP contribution in [0.25, 0.3) is 0 Å². The summed E-state index contributed by atoms with van der Waals surface area (Å²) < 4.78 is 0. The highest BCUT2D eigenvalue weighted by Crippen LogP contribution is 2.21. The summed E-state index contributed by atoms with van der Waals surface area (Å²) in [4.78, 5) is 24.8. The molecule has 1 atom stereocenters. The van der Waals surface area contributed by atoms with Crippen LogP contribution in [0.4, 0.5) is 0 Å². The second-order valence-corrected chi connectivity index (χ2v) is 5.15. The SMILES string of the molecule is Cc1cccc(CC(=O)N2CCCC2CC(=O)O)c1. The Bertz CT molecular complexity index is 484. The first-order valence-corrected chi connectivity index (χ1v) is 6.63. The fraction of sp³-hybridized carbons (Fsp3) is 0.467. The number of aliphatic carboxylic acids is 1. The molecule has 1 aliphatic rings. The van der Waals surface area contributed by atoms with E-state index in [0.717, 1.165) is 24.0 Å². The molecule has 1 fully saturated rings. The van der Waals surface area contributed by atoms with Gasteiger partial charge in [-0.2, -0.15) is 0 Å². The molecule has 4 heteroatoms. The highest BCUT2D eigenvalue weighted by molar-refractivity contribution is 5.80. The van der Waals surface area contributed by atoms with Crippen molar-refractivity contribution in [2.45, 2.75) is 38.6 Å². The predicted octanol–water partition coefficient (Wildman–Crippen LogP) is 2.00. The van der Waals surface area contributed by atoms with Crippen molar-refractivity contribution in [1.29, 1.82) is 0 Å². The smallest absolute Gasteiger partial charge is 0.305 e. The minimum atomic E-state index is -0.833. The lowest BCUT2D eigenvalue weighted by Crippen LogP contribution is -2.37. The summed E-state index contributed by atoms with van der Waals surface area (Å²) in [5.74, 6) is -0.797. The van der Waals surface area contributed by atoms with E-state index in [2.05, 4.69) is 0 Å². The van der Waals surface area contributed by atoms with Gasteiger partial charge in [0, 0.05) is 12.6 Å². The minimum absolute atomic E-state index is 0.0364. The van der Waals surface area contributed by atoms with Gasteiger partial charge in [0.25, 0.3) is 0 Å². The fourth-order valence-corrected chi connectivity index (χ4v) is 2.68. The van der Waals surface area contributed by atoms with Gasteiger partial charge in [-0.15, -0.1) is 0 Å². The molecule has 0 aliphatic carbocycles. The summed E-state index contributed by atoms with van der Waals surface area (Å²) in [7, 11) is 0. The van der Waals surface area contributed by atoms with E-state index >= 15 is 0 Å². The monoisotopic (exact) mass is 261 g/mol. The summed E-state index contributed by atoms with van der Waals surface area (Å²) >= 11 is 0. The number of rotatable bonds is 4. The Kier molecular flexibility index (Phi) is 4.20. The van der Waals surface area contributed by atoms with Gasteiger partial charge in [-0.25, -0.2) is 0 Å². The standard InChI is InChI=1S/C15H19NO3/c1-11-4-2-5-12(8-11)9-14(17)16-7-3-6-13(16)10-15(18)19/h2,4-5,8,13H,3,6-7,9-10H2,1H3,(H,18,19). The topological polar surface area (TPSA) is 57.6 Å². The summed E-state index contributed by atoms with van der Waals surface area (Å²) in [5, 5.41) is 8.86. The molecule has 1 N–H and O–H groups in total. The van der Waals surface area contributed by atoms with E-state index in [0.29, 0.717) is 13.0 Å². The van der Waals surface area contributed by atoms with Gasteiger partial charge in [-0.05, 0) is 25.3 Å². The Balaban J connectivity index is 2.01. The summed E-state index contributed by atoms with van der Waals surface area (Å²) in [5.41, 5.74) is 2.12. The zero-order valence-corrected chi connectivity index (χ0v) is 11.1. The van der Waals surface area contributed by atoms with Crippen LogP contribution >= 0.6 is 0 Å². The first-order chi connectivity index (χ1) is 9.06. The average molecular weight is 261 g/mol. The highest BCUT2D eigenvalue weighted by atomic mass is 16.4. The number of likely N-dealkylation sites (tertiary alicyclic amines) is 1. The van der Waals surface area contributed by atoms with Gasteiger partial charge in [0.15, 0.2) is 0 Å². The summed E-state index contributed by atoms with van der Waals surface area (Å²) in [6.45, 7) is 2.68. The van der Waals surface area contributed by atoms with Gasteiger partial charge in [-0.3, -0.25) is 9.59 Å². The van der Waals surface area contributed by atoms with Crippen LogP contribution < -0.4 is 0 Å². The number of carboxylic acid groups (broad SMARTS) is 1. The van der Waals surface area contributed by atoms with Gasteiger partial charge >= 0.3 is 5.97 Å². The molecular weight excluding hydrogens is 242 g/mol. The number of carbonyl (C=O) groups excluding carboxylic acids is 1. The van der Waals surface area contributed by atoms with E-state index in [9.17, 15) is 9.59 Å². The number of amides is 1. The van der Waals surface area contributed by atoms with Crippen molar-refractivity contribution >= 4 is 11.9 Å². The molecule has 1 aromatic rings. The maximum Gasteiger partial charge on any atom is 0.305 e. The van der Waals surface area contributed by atoms with Crippen LogP contribution in [-0.4, -0.2) is 34.5 Å². The molecule has 2 rings (SSSR count). The Morgan fingerprint density at radius 1 is 1.42 bits per heavy atom. The number of nitrogens with zero attached hydrogens (tertiary/aromatic N) is 1. The maximum atomic E-state index is 12.3. The van der Waals surface area contributed by atoms with E-state index < -0.39 is 5.97 Å². The van der Waals surface area contributed by atoms with Crippen LogP contribution in [0, 0.1) is 6.92 Å². The number of hydrogen-bond acceptors (Lipinski definition) is 2. The second-order valence-electron chi connectivity index (χ2n) is 5.15. The van der Waals surface area contributed by atoms with E-state index in [4.69, 9.17) is 5.11 Å². The zero-order chi connectivity index (χ0) is 13.8. The average Bonchev–Trinajstić information content (AvgIpc) is 2.76. The third-order valence-electron chi connectivity index (χ3n) is 3.55. The van der Waals surface area contributed by atoms with Gasteiger partial charge in [-0.1, -0.05) is 29.8 Å². The Morgan fingerprint density at radius 3 is 2.89 bits per heavy atom. The Morgan fingerprint density at radius 2 is 2.21 bits per heavy atom. The van der Waals surface area contributed by atoms with Crippen molar-refractivity contribution in [1.82, 2.24) is 4.90 Å². The van der Waals surface area contributed by atoms with Crippen LogP contribution in [0.5, 0.6) is 0 Å². The molecule has 1 heterocycles. The lowest BCUT2D eigenvalue weighted by atomic mass is 10.1. The lowest BCUT2D eigenvalue weighted by molar-refractivity contribution is -0.139. The van der Waals surface area contributed by atoms with Crippen molar-refractivity contribution < 1.29 is 14.7 Å². The second kappa shape index (κ2) is 5.87. The van der Waals surface area contributed by atoms with Crippen molar-refractivity contribution in [2.75, 3.05) is 6.54 Å². The van der Waals surface area contributed by atoms with Crippen LogP contribution in [0.2, 0.25) is 0 Å². The van der Waals surface area contributed by atoms with Gasteiger partial charge < -0.3 is 10.0 Å². The Labute approximate surface area is 113 Å². The van der Waals surface area contributed by atoms with Crippen molar-refractivity contribution in [3.63, 3.8) is 0 Å². The largest absolute Gasteiger partial charge is 0.481 e. The highest BCUT2D eigenvalue weighted by Gasteiger charge is 2.30. The third-order valence-corrected chi connectivity index (χ3v) is 3.55. The lowest BCUT2D eigenvalue weighted by Gasteiger charge is -2.23. The maximum absolute atomic E-state index is 12.3. The minimum Gasteiger partial charge on any atom is -0.481 e. The van der Waals surface area contributed by atoms with Gasteiger partial charge in [0.1, 0.15) is 0 Å². The number of hydrogen-bond donors (Lipinski definition) is 1. The van der Waals surface area contributed by atoms with Gasteiger partial charge in [0.2, 0.25) is 5.91 Å². The van der Waals surface area contributed by atoms with Crippen molar-refractivity contribution in [2.24, 2.45) is 0 Å². The zero-order valence-electron chi connectivity index (χ0n) is 11.1. The number of carbonyl (C=O) groups is 2. The van der Waals surface area contributed by atoms with Crippen LogP contribution in [0.15, 0.2) is 24.3 Å². The molecule has 102 valence electrons. The normalized spacial score (nSPS) is 18.6. The number of aryl methyl sites for hydroxylation is 1. The molecule has 1 unspecified atom stereocenters. The van der Waals surface area contributed by atoms with Gasteiger partial charge in [0.05, 0.1) is 12.8 Å². The van der Waals surface area contributed by atoms with Crippen LogP contribution in [0.3, 0.4) is 0 Å². The summed E-state index contributed by atoms with van der Waals surface area (Å²) in [6.07, 6.45) is 2.11. The number of carboxylic acids is 1. The molecular formula is C15H19NO3. The molecule has 1 aromatic carbocycles. The molecule has 0 aromatic heterocycles. The van der Waals surface area contributed by atoms with Crippen molar-refractivity contribution in [3.8, 4) is 0 Å².